The lowest BCUT2D eigenvalue weighted by molar-refractivity contribution is -0.123. The summed E-state index contributed by atoms with van der Waals surface area (Å²) in [7, 11) is 0. The Hall–Kier alpha value is -3.74. The number of anilines is 2. The molecule has 1 N–H and O–H groups in total. The number of carbonyl (C=O) groups is 4. The highest BCUT2D eigenvalue weighted by Gasteiger charge is 2.50. The molecule has 1 heterocycles. The number of amides is 3. The molecule has 3 atom stereocenters. The summed E-state index contributed by atoms with van der Waals surface area (Å²) in [6, 6.07) is 11.7. The molecule has 170 valence electrons. The number of benzene rings is 2. The molecular formula is C26H26N2O5. The maximum atomic E-state index is 12.9. The molecule has 0 unspecified atom stereocenters. The van der Waals surface area contributed by atoms with Crippen LogP contribution in [0.3, 0.4) is 0 Å². The summed E-state index contributed by atoms with van der Waals surface area (Å²) in [4.78, 5) is 51.5. The predicted octanol–water partition coefficient (Wildman–Crippen LogP) is 3.80. The number of nitrogens with one attached hydrogen (secondary N) is 1. The van der Waals surface area contributed by atoms with E-state index in [4.69, 9.17) is 4.74 Å². The Bertz CT molecular complexity index is 1150. The number of rotatable bonds is 5. The van der Waals surface area contributed by atoms with Crippen LogP contribution in [-0.2, 0) is 19.1 Å². The van der Waals surface area contributed by atoms with E-state index in [2.05, 4.69) is 5.32 Å². The van der Waals surface area contributed by atoms with Crippen molar-refractivity contribution < 1.29 is 23.9 Å². The van der Waals surface area contributed by atoms with Gasteiger partial charge in [-0.15, -0.1) is 0 Å². The Morgan fingerprint density at radius 1 is 1.06 bits per heavy atom. The van der Waals surface area contributed by atoms with Gasteiger partial charge in [0, 0.05) is 5.69 Å². The number of hydrogen-bond acceptors (Lipinski definition) is 5. The highest BCUT2D eigenvalue weighted by atomic mass is 16.5. The first-order valence-corrected chi connectivity index (χ1v) is 11.0. The second-order valence-electron chi connectivity index (χ2n) is 8.59. The Balaban J connectivity index is 1.38. The van der Waals surface area contributed by atoms with Crippen LogP contribution in [0.1, 0.15) is 34.8 Å². The van der Waals surface area contributed by atoms with Crippen LogP contribution in [-0.4, -0.2) is 30.3 Å². The number of aryl methyl sites for hydroxylation is 1. The molecule has 0 spiro atoms. The maximum absolute atomic E-state index is 12.9. The molecular weight excluding hydrogens is 420 g/mol. The van der Waals surface area contributed by atoms with E-state index in [9.17, 15) is 19.2 Å². The van der Waals surface area contributed by atoms with Gasteiger partial charge in [0.05, 0.1) is 23.1 Å². The van der Waals surface area contributed by atoms with Gasteiger partial charge in [0.1, 0.15) is 0 Å². The van der Waals surface area contributed by atoms with Gasteiger partial charge in [0.15, 0.2) is 6.61 Å². The number of ether oxygens (including phenoxy) is 1. The van der Waals surface area contributed by atoms with Gasteiger partial charge in [-0.3, -0.25) is 19.3 Å². The van der Waals surface area contributed by atoms with Gasteiger partial charge >= 0.3 is 5.97 Å². The highest BCUT2D eigenvalue weighted by Crippen LogP contribution is 2.40. The normalized spacial score (nSPS) is 21.7. The maximum Gasteiger partial charge on any atom is 0.338 e. The smallest absolute Gasteiger partial charge is 0.338 e. The van der Waals surface area contributed by atoms with Gasteiger partial charge in [0.25, 0.3) is 5.91 Å². The Kier molecular flexibility index (Phi) is 6.14. The summed E-state index contributed by atoms with van der Waals surface area (Å²) in [6.07, 6.45) is 4.49. The van der Waals surface area contributed by atoms with Crippen LogP contribution in [0.2, 0.25) is 0 Å². The molecule has 7 heteroatoms. The van der Waals surface area contributed by atoms with E-state index in [1.807, 2.05) is 45.1 Å². The predicted molar refractivity (Wildman–Crippen MR) is 124 cm³/mol. The zero-order valence-corrected chi connectivity index (χ0v) is 18.8. The van der Waals surface area contributed by atoms with Crippen LogP contribution >= 0.6 is 0 Å². The Morgan fingerprint density at radius 3 is 2.48 bits per heavy atom. The van der Waals surface area contributed by atoms with Crippen molar-refractivity contribution in [2.24, 2.45) is 17.8 Å². The zero-order valence-electron chi connectivity index (χ0n) is 18.8. The summed E-state index contributed by atoms with van der Waals surface area (Å²) >= 11 is 0. The molecule has 1 saturated heterocycles. The molecule has 2 aliphatic rings. The van der Waals surface area contributed by atoms with Crippen molar-refractivity contribution in [3.8, 4) is 0 Å². The third-order valence-corrected chi connectivity index (χ3v) is 6.45. The van der Waals surface area contributed by atoms with E-state index in [-0.39, 0.29) is 35.1 Å². The van der Waals surface area contributed by atoms with Crippen LogP contribution in [0.5, 0.6) is 0 Å². The number of allylic oxidation sites excluding steroid dienone is 2. The van der Waals surface area contributed by atoms with Crippen molar-refractivity contribution in [1.29, 1.82) is 0 Å². The van der Waals surface area contributed by atoms with E-state index < -0.39 is 18.5 Å². The summed E-state index contributed by atoms with van der Waals surface area (Å²) in [5.41, 5.74) is 3.32. The monoisotopic (exact) mass is 446 g/mol. The average molecular weight is 447 g/mol. The first kappa shape index (κ1) is 22.5. The lowest BCUT2D eigenvalue weighted by atomic mass is 9.78. The average Bonchev–Trinajstić information content (AvgIpc) is 3.06. The van der Waals surface area contributed by atoms with Crippen molar-refractivity contribution in [2.45, 2.75) is 27.2 Å². The molecule has 2 aromatic carbocycles. The molecule has 0 aromatic heterocycles. The molecule has 1 aliphatic carbocycles. The SMILES string of the molecule is Cc1cccc(NC(=O)COC(=O)c2ccc(N3C(=O)[C@H]4[C@@H](C)C=CC[C@H]4C3=O)cc2)c1C. The van der Waals surface area contributed by atoms with E-state index in [1.54, 1.807) is 18.2 Å². The highest BCUT2D eigenvalue weighted by molar-refractivity contribution is 6.22. The van der Waals surface area contributed by atoms with Crippen molar-refractivity contribution in [3.63, 3.8) is 0 Å². The second-order valence-corrected chi connectivity index (χ2v) is 8.59. The fourth-order valence-corrected chi connectivity index (χ4v) is 4.44. The molecule has 7 nitrogen and oxygen atoms in total. The number of carbonyl (C=O) groups excluding carboxylic acids is 4. The van der Waals surface area contributed by atoms with E-state index in [0.29, 0.717) is 17.8 Å². The Labute approximate surface area is 192 Å². The van der Waals surface area contributed by atoms with Gasteiger partial charge in [-0.05, 0) is 67.6 Å². The topological polar surface area (TPSA) is 92.8 Å². The third kappa shape index (κ3) is 4.31. The van der Waals surface area contributed by atoms with Crippen LogP contribution in [0, 0.1) is 31.6 Å². The number of hydrogen-bond donors (Lipinski definition) is 1. The molecule has 2 aromatic rings. The van der Waals surface area contributed by atoms with E-state index in [1.165, 1.54) is 17.0 Å². The molecule has 1 aliphatic heterocycles. The van der Waals surface area contributed by atoms with Crippen LogP contribution in [0.25, 0.3) is 0 Å². The summed E-state index contributed by atoms with van der Waals surface area (Å²) < 4.78 is 5.12. The van der Waals surface area contributed by atoms with Crippen LogP contribution in [0.15, 0.2) is 54.6 Å². The first-order valence-electron chi connectivity index (χ1n) is 11.0. The minimum Gasteiger partial charge on any atom is -0.452 e. The molecule has 4 rings (SSSR count). The van der Waals surface area contributed by atoms with Gasteiger partial charge in [0.2, 0.25) is 11.8 Å². The standard InChI is InChI=1S/C26H26N2O5/c1-15-6-5-9-21(17(15)3)27-22(29)14-33-26(32)18-10-12-19(13-11-18)28-24(30)20-8-4-7-16(2)23(20)25(28)31/h4-7,9-13,16,20,23H,8,14H2,1-3H3,(H,27,29)/t16-,20+,23-/m0/s1. The molecule has 3 amide bonds. The fourth-order valence-electron chi connectivity index (χ4n) is 4.44. The molecule has 1 fully saturated rings. The lowest BCUT2D eigenvalue weighted by Crippen LogP contribution is -2.31. The minimum atomic E-state index is -0.664. The summed E-state index contributed by atoms with van der Waals surface area (Å²) in [6.45, 7) is 5.37. The summed E-state index contributed by atoms with van der Waals surface area (Å²) in [5.74, 6) is -2.19. The van der Waals surface area contributed by atoms with Crippen LogP contribution < -0.4 is 10.2 Å². The molecule has 0 saturated carbocycles. The number of imide groups is 1. The van der Waals surface area contributed by atoms with Gasteiger partial charge in [-0.25, -0.2) is 4.79 Å². The minimum absolute atomic E-state index is 0.00851. The zero-order chi connectivity index (χ0) is 23.7. The van der Waals surface area contributed by atoms with Crippen molar-refractivity contribution in [1.82, 2.24) is 0 Å². The van der Waals surface area contributed by atoms with E-state index in [0.717, 1.165) is 11.1 Å². The van der Waals surface area contributed by atoms with Crippen LogP contribution in [0.4, 0.5) is 11.4 Å². The largest absolute Gasteiger partial charge is 0.452 e. The van der Waals surface area contributed by atoms with E-state index >= 15 is 0 Å². The molecule has 0 radical (unpaired) electrons. The van der Waals surface area contributed by atoms with Gasteiger partial charge < -0.3 is 10.1 Å². The number of nitrogens with zero attached hydrogens (tertiary/aromatic N) is 1. The lowest BCUT2D eigenvalue weighted by Gasteiger charge is -2.22. The number of fused-ring (bicyclic) bond motifs is 1. The quantitative estimate of drug-likeness (QED) is 0.428. The molecule has 33 heavy (non-hydrogen) atoms. The molecule has 0 bridgehead atoms. The summed E-state index contributed by atoms with van der Waals surface area (Å²) in [5, 5.41) is 2.74. The third-order valence-electron chi connectivity index (χ3n) is 6.45. The van der Waals surface area contributed by atoms with Gasteiger partial charge in [-0.2, -0.15) is 0 Å². The fraction of sp³-hybridized carbons (Fsp3) is 0.308. The second kappa shape index (κ2) is 9.02. The number of esters is 1. The van der Waals surface area contributed by atoms with Crippen molar-refractivity contribution >= 4 is 35.1 Å². The van der Waals surface area contributed by atoms with Crippen molar-refractivity contribution in [3.05, 3.63) is 71.3 Å². The van der Waals surface area contributed by atoms with Crippen molar-refractivity contribution in [2.75, 3.05) is 16.8 Å². The first-order chi connectivity index (χ1) is 15.8. The Morgan fingerprint density at radius 2 is 1.79 bits per heavy atom. The van der Waals surface area contributed by atoms with Gasteiger partial charge in [-0.1, -0.05) is 31.2 Å².